The van der Waals surface area contributed by atoms with Gasteiger partial charge in [0.1, 0.15) is 5.82 Å². The van der Waals surface area contributed by atoms with Crippen LogP contribution >= 0.6 is 11.6 Å². The predicted octanol–water partition coefficient (Wildman–Crippen LogP) is 4.19. The number of rotatable bonds is 5. The number of nitrogens with one attached hydrogen (secondary N) is 1. The van der Waals surface area contributed by atoms with Crippen molar-refractivity contribution >= 4 is 11.6 Å². The summed E-state index contributed by atoms with van der Waals surface area (Å²) in [5, 5.41) is 3.63. The third-order valence-corrected chi connectivity index (χ3v) is 2.85. The lowest BCUT2D eigenvalue weighted by Crippen LogP contribution is -2.36. The van der Waals surface area contributed by atoms with Crippen LogP contribution in [0.5, 0.6) is 0 Å². The summed E-state index contributed by atoms with van der Waals surface area (Å²) in [4.78, 5) is 0. The Balaban J connectivity index is 2.29. The molecule has 1 aromatic rings. The van der Waals surface area contributed by atoms with Crippen LogP contribution in [0.3, 0.4) is 0 Å². The van der Waals surface area contributed by atoms with E-state index in [2.05, 4.69) is 26.1 Å². The number of halogens is 2. The summed E-state index contributed by atoms with van der Waals surface area (Å²) in [6, 6.07) is 5.19. The molecule has 0 radical (unpaired) electrons. The molecule has 1 N–H and O–H groups in total. The van der Waals surface area contributed by atoms with E-state index in [0.717, 1.165) is 25.8 Å². The Bertz CT molecular complexity index is 358. The van der Waals surface area contributed by atoms with Gasteiger partial charge in [-0.05, 0) is 58.2 Å². The van der Waals surface area contributed by atoms with Crippen molar-refractivity contribution in [1.29, 1.82) is 0 Å². The zero-order valence-corrected chi connectivity index (χ0v) is 11.6. The van der Waals surface area contributed by atoms with Gasteiger partial charge in [0.25, 0.3) is 0 Å². The highest BCUT2D eigenvalue weighted by Crippen LogP contribution is 2.19. The Morgan fingerprint density at radius 1 is 1.24 bits per heavy atom. The van der Waals surface area contributed by atoms with Crippen molar-refractivity contribution in [2.45, 2.75) is 45.6 Å². The molecule has 0 saturated carbocycles. The molecule has 0 heterocycles. The topological polar surface area (TPSA) is 12.0 Å². The van der Waals surface area contributed by atoms with Crippen molar-refractivity contribution in [1.82, 2.24) is 5.32 Å². The molecule has 0 aliphatic heterocycles. The monoisotopic (exact) mass is 257 g/mol. The van der Waals surface area contributed by atoms with E-state index < -0.39 is 0 Å². The first-order valence-electron chi connectivity index (χ1n) is 6.08. The first-order chi connectivity index (χ1) is 7.90. The smallest absolute Gasteiger partial charge is 0.144 e. The van der Waals surface area contributed by atoms with Crippen LogP contribution in [0.25, 0.3) is 0 Å². The van der Waals surface area contributed by atoms with E-state index in [1.165, 1.54) is 0 Å². The first-order valence-corrected chi connectivity index (χ1v) is 6.46. The Kier molecular flexibility index (Phi) is 5.41. The maximum Gasteiger partial charge on any atom is 0.144 e. The lowest BCUT2D eigenvalue weighted by Gasteiger charge is -2.20. The van der Waals surface area contributed by atoms with Gasteiger partial charge in [0.2, 0.25) is 0 Å². The van der Waals surface area contributed by atoms with Crippen LogP contribution < -0.4 is 5.32 Å². The standard InChI is InChI=1S/C14H21ClFN/c1-14(2,3)17-10-5-4-7-11-8-6-9-12(15)13(11)16/h6,8-9,17H,4-5,7,10H2,1-3H3. The summed E-state index contributed by atoms with van der Waals surface area (Å²) < 4.78 is 13.6. The minimum absolute atomic E-state index is 0.154. The Morgan fingerprint density at radius 3 is 2.59 bits per heavy atom. The molecular formula is C14H21ClFN. The molecule has 0 saturated heterocycles. The summed E-state index contributed by atoms with van der Waals surface area (Å²) in [6.45, 7) is 7.39. The molecule has 0 bridgehead atoms. The van der Waals surface area contributed by atoms with E-state index in [4.69, 9.17) is 11.6 Å². The summed E-state index contributed by atoms with van der Waals surface area (Å²) in [5.41, 5.74) is 0.870. The van der Waals surface area contributed by atoms with Gasteiger partial charge in [0.15, 0.2) is 0 Å². The van der Waals surface area contributed by atoms with Crippen molar-refractivity contribution in [3.05, 3.63) is 34.6 Å². The number of hydrogen-bond donors (Lipinski definition) is 1. The Morgan fingerprint density at radius 2 is 1.94 bits per heavy atom. The second kappa shape index (κ2) is 6.36. The predicted molar refractivity (Wildman–Crippen MR) is 72.1 cm³/mol. The lowest BCUT2D eigenvalue weighted by molar-refractivity contribution is 0.418. The summed E-state index contributed by atoms with van der Waals surface area (Å²) >= 11 is 5.73. The average molecular weight is 258 g/mol. The number of aryl methyl sites for hydroxylation is 1. The van der Waals surface area contributed by atoms with E-state index in [-0.39, 0.29) is 16.4 Å². The SMILES string of the molecule is CC(C)(C)NCCCCc1cccc(Cl)c1F. The maximum atomic E-state index is 13.6. The summed E-state index contributed by atoms with van der Waals surface area (Å²) in [7, 11) is 0. The van der Waals surface area contributed by atoms with Gasteiger partial charge in [-0.2, -0.15) is 0 Å². The van der Waals surface area contributed by atoms with E-state index >= 15 is 0 Å². The highest BCUT2D eigenvalue weighted by Gasteiger charge is 2.08. The van der Waals surface area contributed by atoms with Crippen LogP contribution in [0, 0.1) is 5.82 Å². The van der Waals surface area contributed by atoms with Crippen LogP contribution in [-0.4, -0.2) is 12.1 Å². The second-order valence-corrected chi connectivity index (χ2v) is 5.75. The van der Waals surface area contributed by atoms with E-state index in [0.29, 0.717) is 5.56 Å². The third kappa shape index (κ3) is 5.51. The molecule has 0 amide bonds. The van der Waals surface area contributed by atoms with Crippen LogP contribution in [0.2, 0.25) is 5.02 Å². The van der Waals surface area contributed by atoms with Gasteiger partial charge in [0.05, 0.1) is 5.02 Å². The highest BCUT2D eigenvalue weighted by atomic mass is 35.5. The van der Waals surface area contributed by atoms with Crippen molar-refractivity contribution < 1.29 is 4.39 Å². The molecule has 1 nitrogen and oxygen atoms in total. The molecule has 0 aromatic heterocycles. The fraction of sp³-hybridized carbons (Fsp3) is 0.571. The molecule has 0 aliphatic rings. The zero-order chi connectivity index (χ0) is 12.9. The van der Waals surface area contributed by atoms with Crippen LogP contribution in [0.15, 0.2) is 18.2 Å². The van der Waals surface area contributed by atoms with Gasteiger partial charge in [-0.1, -0.05) is 23.7 Å². The fourth-order valence-corrected chi connectivity index (χ4v) is 1.84. The van der Waals surface area contributed by atoms with Crippen molar-refractivity contribution in [3.8, 4) is 0 Å². The second-order valence-electron chi connectivity index (χ2n) is 5.35. The molecule has 0 aliphatic carbocycles. The first kappa shape index (κ1) is 14.5. The highest BCUT2D eigenvalue weighted by molar-refractivity contribution is 6.30. The van der Waals surface area contributed by atoms with Crippen LogP contribution in [0.1, 0.15) is 39.2 Å². The summed E-state index contributed by atoms with van der Waals surface area (Å²) in [5.74, 6) is -0.266. The van der Waals surface area contributed by atoms with Gasteiger partial charge in [-0.3, -0.25) is 0 Å². The molecule has 17 heavy (non-hydrogen) atoms. The fourth-order valence-electron chi connectivity index (χ4n) is 1.65. The van der Waals surface area contributed by atoms with Crippen LogP contribution in [0.4, 0.5) is 4.39 Å². The molecule has 96 valence electrons. The van der Waals surface area contributed by atoms with Gasteiger partial charge in [-0.25, -0.2) is 4.39 Å². The maximum absolute atomic E-state index is 13.6. The largest absolute Gasteiger partial charge is 0.312 e. The van der Waals surface area contributed by atoms with Gasteiger partial charge >= 0.3 is 0 Å². The Labute approximate surface area is 108 Å². The van der Waals surface area contributed by atoms with E-state index in [1.807, 2.05) is 0 Å². The molecule has 1 rings (SSSR count). The lowest BCUT2D eigenvalue weighted by atomic mass is 10.1. The molecule has 3 heteroatoms. The minimum atomic E-state index is -0.266. The molecule has 0 atom stereocenters. The molecule has 1 aromatic carbocycles. The average Bonchev–Trinajstić information content (AvgIpc) is 2.22. The van der Waals surface area contributed by atoms with Crippen molar-refractivity contribution in [2.24, 2.45) is 0 Å². The van der Waals surface area contributed by atoms with Crippen molar-refractivity contribution in [2.75, 3.05) is 6.54 Å². The summed E-state index contributed by atoms with van der Waals surface area (Å²) in [6.07, 6.45) is 2.77. The number of unbranched alkanes of at least 4 members (excludes halogenated alkanes) is 1. The Hall–Kier alpha value is -0.600. The quantitative estimate of drug-likeness (QED) is 0.780. The minimum Gasteiger partial charge on any atom is -0.312 e. The third-order valence-electron chi connectivity index (χ3n) is 2.56. The normalized spacial score (nSPS) is 11.8. The van der Waals surface area contributed by atoms with E-state index in [9.17, 15) is 4.39 Å². The van der Waals surface area contributed by atoms with E-state index in [1.54, 1.807) is 18.2 Å². The molecule has 0 unspecified atom stereocenters. The van der Waals surface area contributed by atoms with Gasteiger partial charge < -0.3 is 5.32 Å². The van der Waals surface area contributed by atoms with Crippen LogP contribution in [-0.2, 0) is 6.42 Å². The zero-order valence-electron chi connectivity index (χ0n) is 10.8. The molecule has 0 spiro atoms. The molecule has 0 fully saturated rings. The van der Waals surface area contributed by atoms with Gasteiger partial charge in [0, 0.05) is 5.54 Å². The number of hydrogen-bond acceptors (Lipinski definition) is 1. The van der Waals surface area contributed by atoms with Crippen molar-refractivity contribution in [3.63, 3.8) is 0 Å². The van der Waals surface area contributed by atoms with Gasteiger partial charge in [-0.15, -0.1) is 0 Å². The molecular weight excluding hydrogens is 237 g/mol. The number of benzene rings is 1.